The summed E-state index contributed by atoms with van der Waals surface area (Å²) >= 11 is 5.84. The minimum Gasteiger partial charge on any atom is -0.506 e. The quantitative estimate of drug-likeness (QED) is 0.854. The van der Waals surface area contributed by atoms with Gasteiger partial charge in [0.2, 0.25) is 0 Å². The van der Waals surface area contributed by atoms with Crippen molar-refractivity contribution >= 4 is 11.6 Å². The summed E-state index contributed by atoms with van der Waals surface area (Å²) in [6.45, 7) is 2.29. The summed E-state index contributed by atoms with van der Waals surface area (Å²) in [5.74, 6) is 0.184. The zero-order valence-corrected chi connectivity index (χ0v) is 9.83. The first-order valence-electron chi connectivity index (χ1n) is 5.55. The van der Waals surface area contributed by atoms with E-state index in [1.807, 2.05) is 12.1 Å². The number of hydrogen-bond donors (Lipinski definition) is 2. The molecule has 0 unspecified atom stereocenters. The molecule has 4 heteroatoms. The van der Waals surface area contributed by atoms with E-state index in [-0.39, 0.29) is 5.75 Å². The molecule has 16 heavy (non-hydrogen) atoms. The lowest BCUT2D eigenvalue weighted by atomic mass is 10.1. The van der Waals surface area contributed by atoms with Gasteiger partial charge in [0, 0.05) is 31.4 Å². The molecule has 0 bridgehead atoms. The molecule has 1 heterocycles. The lowest BCUT2D eigenvalue weighted by molar-refractivity contribution is 0.0775. The Morgan fingerprint density at radius 1 is 1.38 bits per heavy atom. The lowest BCUT2D eigenvalue weighted by Gasteiger charge is -2.23. The van der Waals surface area contributed by atoms with E-state index in [1.54, 1.807) is 6.07 Å². The van der Waals surface area contributed by atoms with Crippen molar-refractivity contribution in [2.24, 2.45) is 0 Å². The van der Waals surface area contributed by atoms with E-state index in [4.69, 9.17) is 16.3 Å². The molecule has 0 saturated carbocycles. The third kappa shape index (κ3) is 2.88. The Morgan fingerprint density at radius 3 is 2.88 bits per heavy atom. The second kappa shape index (κ2) is 5.53. The first-order valence-corrected chi connectivity index (χ1v) is 5.92. The highest BCUT2D eigenvalue weighted by Crippen LogP contribution is 2.26. The lowest BCUT2D eigenvalue weighted by Crippen LogP contribution is -2.34. The van der Waals surface area contributed by atoms with Crippen molar-refractivity contribution in [2.45, 2.75) is 25.4 Å². The molecule has 0 amide bonds. The molecule has 3 nitrogen and oxygen atoms in total. The molecule has 1 aromatic rings. The molecular formula is C12H16ClNO2. The standard InChI is InChI=1S/C12H16ClNO2/c13-11-3-1-2-9(12(11)15)8-14-10-4-6-16-7-5-10/h1-3,10,14-15H,4-8H2. The van der Waals surface area contributed by atoms with Crippen molar-refractivity contribution in [1.82, 2.24) is 5.32 Å². The van der Waals surface area contributed by atoms with Crippen molar-refractivity contribution in [3.8, 4) is 5.75 Å². The smallest absolute Gasteiger partial charge is 0.138 e. The van der Waals surface area contributed by atoms with Crippen molar-refractivity contribution in [2.75, 3.05) is 13.2 Å². The molecule has 0 aliphatic carbocycles. The van der Waals surface area contributed by atoms with E-state index >= 15 is 0 Å². The molecular weight excluding hydrogens is 226 g/mol. The van der Waals surface area contributed by atoms with Crippen LogP contribution >= 0.6 is 11.6 Å². The number of halogens is 1. The molecule has 0 aromatic heterocycles. The van der Waals surface area contributed by atoms with Gasteiger partial charge in [0.25, 0.3) is 0 Å². The number of rotatable bonds is 3. The molecule has 2 N–H and O–H groups in total. The molecule has 0 radical (unpaired) electrons. The maximum absolute atomic E-state index is 9.73. The zero-order valence-electron chi connectivity index (χ0n) is 9.08. The van der Waals surface area contributed by atoms with Crippen LogP contribution in [0.2, 0.25) is 5.02 Å². The molecule has 1 saturated heterocycles. The third-order valence-electron chi connectivity index (χ3n) is 2.87. The molecule has 0 atom stereocenters. The number of aromatic hydroxyl groups is 1. The Bertz CT molecular complexity index is 351. The minimum absolute atomic E-state index is 0.184. The normalized spacial score (nSPS) is 17.6. The summed E-state index contributed by atoms with van der Waals surface area (Å²) in [5.41, 5.74) is 0.846. The summed E-state index contributed by atoms with van der Waals surface area (Å²) in [6.07, 6.45) is 2.06. The first-order chi connectivity index (χ1) is 7.77. The highest BCUT2D eigenvalue weighted by atomic mass is 35.5. The minimum atomic E-state index is 0.184. The molecule has 0 spiro atoms. The fraction of sp³-hybridized carbons (Fsp3) is 0.500. The van der Waals surface area contributed by atoms with Crippen LogP contribution in [0.1, 0.15) is 18.4 Å². The molecule has 88 valence electrons. The fourth-order valence-corrected chi connectivity index (χ4v) is 2.05. The van der Waals surface area contributed by atoms with Gasteiger partial charge in [0.1, 0.15) is 5.75 Å². The average molecular weight is 242 g/mol. The van der Waals surface area contributed by atoms with Gasteiger partial charge in [0.05, 0.1) is 5.02 Å². The summed E-state index contributed by atoms with van der Waals surface area (Å²) in [6, 6.07) is 5.90. The fourth-order valence-electron chi connectivity index (χ4n) is 1.86. The van der Waals surface area contributed by atoms with Crippen LogP contribution in [0.15, 0.2) is 18.2 Å². The van der Waals surface area contributed by atoms with Crippen LogP contribution in [0.4, 0.5) is 0 Å². The number of benzene rings is 1. The Morgan fingerprint density at radius 2 is 2.12 bits per heavy atom. The number of phenolic OH excluding ortho intramolecular Hbond substituents is 1. The predicted molar refractivity (Wildman–Crippen MR) is 63.8 cm³/mol. The summed E-state index contributed by atoms with van der Waals surface area (Å²) in [4.78, 5) is 0. The van der Waals surface area contributed by atoms with E-state index in [9.17, 15) is 5.11 Å². The van der Waals surface area contributed by atoms with Crippen LogP contribution in [0.5, 0.6) is 5.75 Å². The summed E-state index contributed by atoms with van der Waals surface area (Å²) in [7, 11) is 0. The van der Waals surface area contributed by atoms with E-state index in [0.717, 1.165) is 31.6 Å². The number of ether oxygens (including phenoxy) is 1. The van der Waals surface area contributed by atoms with Gasteiger partial charge in [-0.2, -0.15) is 0 Å². The van der Waals surface area contributed by atoms with E-state index in [0.29, 0.717) is 17.6 Å². The van der Waals surface area contributed by atoms with E-state index in [2.05, 4.69) is 5.32 Å². The Hall–Kier alpha value is -0.770. The second-order valence-corrected chi connectivity index (χ2v) is 4.42. The van der Waals surface area contributed by atoms with Gasteiger partial charge >= 0.3 is 0 Å². The molecule has 1 fully saturated rings. The molecule has 1 aliphatic rings. The van der Waals surface area contributed by atoms with Gasteiger partial charge in [0.15, 0.2) is 0 Å². The van der Waals surface area contributed by atoms with Crippen LogP contribution < -0.4 is 5.32 Å². The SMILES string of the molecule is Oc1c(Cl)cccc1CNC1CCOCC1. The van der Waals surface area contributed by atoms with Crippen LogP contribution in [-0.2, 0) is 11.3 Å². The first kappa shape index (κ1) is 11.7. The highest BCUT2D eigenvalue weighted by Gasteiger charge is 2.13. The molecule has 2 rings (SSSR count). The van der Waals surface area contributed by atoms with Crippen molar-refractivity contribution < 1.29 is 9.84 Å². The number of nitrogens with one attached hydrogen (secondary N) is 1. The van der Waals surface area contributed by atoms with Crippen molar-refractivity contribution in [3.05, 3.63) is 28.8 Å². The van der Waals surface area contributed by atoms with Gasteiger partial charge in [-0.15, -0.1) is 0 Å². The van der Waals surface area contributed by atoms with Crippen molar-refractivity contribution in [3.63, 3.8) is 0 Å². The van der Waals surface area contributed by atoms with Gasteiger partial charge in [-0.3, -0.25) is 0 Å². The monoisotopic (exact) mass is 241 g/mol. The molecule has 1 aliphatic heterocycles. The Labute approximate surface area is 100 Å². The average Bonchev–Trinajstić information content (AvgIpc) is 2.32. The van der Waals surface area contributed by atoms with E-state index < -0.39 is 0 Å². The summed E-state index contributed by atoms with van der Waals surface area (Å²) < 4.78 is 5.28. The Balaban J connectivity index is 1.91. The van der Waals surface area contributed by atoms with Gasteiger partial charge in [-0.1, -0.05) is 23.7 Å². The van der Waals surface area contributed by atoms with E-state index in [1.165, 1.54) is 0 Å². The number of phenols is 1. The van der Waals surface area contributed by atoms with Crippen LogP contribution in [0.25, 0.3) is 0 Å². The van der Waals surface area contributed by atoms with Crippen LogP contribution in [0.3, 0.4) is 0 Å². The van der Waals surface area contributed by atoms with Gasteiger partial charge in [-0.05, 0) is 18.9 Å². The predicted octanol–water partition coefficient (Wildman–Crippen LogP) is 2.31. The second-order valence-electron chi connectivity index (χ2n) is 4.02. The van der Waals surface area contributed by atoms with Gasteiger partial charge < -0.3 is 15.2 Å². The highest BCUT2D eigenvalue weighted by molar-refractivity contribution is 6.32. The number of hydrogen-bond acceptors (Lipinski definition) is 3. The third-order valence-corrected chi connectivity index (χ3v) is 3.18. The van der Waals surface area contributed by atoms with Crippen LogP contribution in [-0.4, -0.2) is 24.4 Å². The summed E-state index contributed by atoms with van der Waals surface area (Å²) in [5, 5.41) is 13.5. The maximum Gasteiger partial charge on any atom is 0.138 e. The zero-order chi connectivity index (χ0) is 11.4. The van der Waals surface area contributed by atoms with Crippen LogP contribution in [0, 0.1) is 0 Å². The maximum atomic E-state index is 9.73. The van der Waals surface area contributed by atoms with Crippen molar-refractivity contribution in [1.29, 1.82) is 0 Å². The number of para-hydroxylation sites is 1. The van der Waals surface area contributed by atoms with Gasteiger partial charge in [-0.25, -0.2) is 0 Å². The Kier molecular flexibility index (Phi) is 4.04. The molecule has 1 aromatic carbocycles. The largest absolute Gasteiger partial charge is 0.506 e. The topological polar surface area (TPSA) is 41.5 Å².